The summed E-state index contributed by atoms with van der Waals surface area (Å²) in [5.41, 5.74) is 1.80. The number of para-hydroxylation sites is 1. The molecule has 140 valence electrons. The van der Waals surface area contributed by atoms with Gasteiger partial charge in [0, 0.05) is 6.42 Å². The van der Waals surface area contributed by atoms with Crippen molar-refractivity contribution in [3.05, 3.63) is 59.7 Å². The van der Waals surface area contributed by atoms with Crippen LogP contribution in [0.1, 0.15) is 37.4 Å². The molecule has 0 saturated carbocycles. The van der Waals surface area contributed by atoms with Gasteiger partial charge in [-0.2, -0.15) is 0 Å². The Morgan fingerprint density at radius 2 is 1.81 bits per heavy atom. The summed E-state index contributed by atoms with van der Waals surface area (Å²) >= 11 is 0. The van der Waals surface area contributed by atoms with Crippen LogP contribution in [0.4, 0.5) is 0 Å². The third-order valence-electron chi connectivity index (χ3n) is 3.98. The van der Waals surface area contributed by atoms with E-state index in [1.54, 1.807) is 12.1 Å². The van der Waals surface area contributed by atoms with Crippen LogP contribution in [0.3, 0.4) is 0 Å². The molecule has 0 aliphatic rings. The van der Waals surface area contributed by atoms with E-state index in [1.165, 1.54) is 12.1 Å². The van der Waals surface area contributed by atoms with Crippen LogP contribution in [-0.2, 0) is 21.2 Å². The normalized spacial score (nSPS) is 12.4. The van der Waals surface area contributed by atoms with Gasteiger partial charge in [0.25, 0.3) is 0 Å². The lowest BCUT2D eigenvalue weighted by Gasteiger charge is -2.15. The van der Waals surface area contributed by atoms with Crippen molar-refractivity contribution in [3.8, 4) is 5.75 Å². The van der Waals surface area contributed by atoms with Crippen molar-refractivity contribution in [2.24, 2.45) is 5.14 Å². The van der Waals surface area contributed by atoms with E-state index in [0.717, 1.165) is 16.9 Å². The van der Waals surface area contributed by atoms with E-state index < -0.39 is 10.0 Å². The SMILES string of the molecule is CCOc1ccccc1CCC(=O)N[C@@H](C)c1ccc(S(N)(=O)=O)cc1. The Labute approximate surface area is 154 Å². The molecule has 2 aromatic carbocycles. The minimum absolute atomic E-state index is 0.0484. The molecule has 3 N–H and O–H groups in total. The van der Waals surface area contributed by atoms with Crippen LogP contribution < -0.4 is 15.2 Å². The molecule has 0 aliphatic heterocycles. The summed E-state index contributed by atoms with van der Waals surface area (Å²) in [7, 11) is -3.72. The number of amides is 1. The monoisotopic (exact) mass is 376 g/mol. The summed E-state index contributed by atoms with van der Waals surface area (Å²) in [5, 5.41) is 8.00. The molecule has 0 aromatic heterocycles. The molecule has 0 heterocycles. The Kier molecular flexibility index (Phi) is 6.76. The molecule has 7 heteroatoms. The van der Waals surface area contributed by atoms with E-state index in [-0.39, 0.29) is 16.8 Å². The second kappa shape index (κ2) is 8.82. The van der Waals surface area contributed by atoms with Gasteiger partial charge < -0.3 is 10.1 Å². The summed E-state index contributed by atoms with van der Waals surface area (Å²) in [6, 6.07) is 13.6. The van der Waals surface area contributed by atoms with Gasteiger partial charge in [0.05, 0.1) is 17.5 Å². The smallest absolute Gasteiger partial charge is 0.238 e. The Hall–Kier alpha value is -2.38. The number of hydrogen-bond acceptors (Lipinski definition) is 4. The van der Waals surface area contributed by atoms with Crippen molar-refractivity contribution in [1.82, 2.24) is 5.32 Å². The first-order valence-corrected chi connectivity index (χ1v) is 9.98. The van der Waals surface area contributed by atoms with Gasteiger partial charge in [0.15, 0.2) is 0 Å². The van der Waals surface area contributed by atoms with Gasteiger partial charge in [0.2, 0.25) is 15.9 Å². The van der Waals surface area contributed by atoms with Gasteiger partial charge in [-0.15, -0.1) is 0 Å². The molecule has 0 spiro atoms. The third-order valence-corrected chi connectivity index (χ3v) is 4.91. The Morgan fingerprint density at radius 1 is 1.15 bits per heavy atom. The fraction of sp³-hybridized carbons (Fsp3) is 0.316. The van der Waals surface area contributed by atoms with Gasteiger partial charge >= 0.3 is 0 Å². The number of hydrogen-bond donors (Lipinski definition) is 2. The van der Waals surface area contributed by atoms with E-state index in [0.29, 0.717) is 19.4 Å². The minimum Gasteiger partial charge on any atom is -0.494 e. The quantitative estimate of drug-likeness (QED) is 0.740. The summed E-state index contributed by atoms with van der Waals surface area (Å²) in [6.45, 7) is 4.35. The molecule has 0 bridgehead atoms. The predicted molar refractivity (Wildman–Crippen MR) is 100 cm³/mol. The highest BCUT2D eigenvalue weighted by Crippen LogP contribution is 2.20. The van der Waals surface area contributed by atoms with Crippen molar-refractivity contribution in [3.63, 3.8) is 0 Å². The molecule has 2 aromatic rings. The standard InChI is InChI=1S/C19H24N2O4S/c1-3-25-18-7-5-4-6-16(18)10-13-19(22)21-14(2)15-8-11-17(12-9-15)26(20,23)24/h4-9,11-12,14H,3,10,13H2,1-2H3,(H,21,22)(H2,20,23,24)/t14-/m0/s1. The molecule has 0 unspecified atom stereocenters. The summed E-state index contributed by atoms with van der Waals surface area (Å²) < 4.78 is 28.1. The molecule has 0 fully saturated rings. The summed E-state index contributed by atoms with van der Waals surface area (Å²) in [4.78, 5) is 12.3. The average Bonchev–Trinajstić information content (AvgIpc) is 2.60. The summed E-state index contributed by atoms with van der Waals surface area (Å²) in [5.74, 6) is 0.716. The highest BCUT2D eigenvalue weighted by Gasteiger charge is 2.13. The lowest BCUT2D eigenvalue weighted by molar-refractivity contribution is -0.121. The van der Waals surface area contributed by atoms with Crippen molar-refractivity contribution in [2.45, 2.75) is 37.6 Å². The van der Waals surface area contributed by atoms with E-state index in [1.807, 2.05) is 38.1 Å². The molecule has 26 heavy (non-hydrogen) atoms. The zero-order valence-electron chi connectivity index (χ0n) is 14.9. The maximum atomic E-state index is 12.2. The number of sulfonamides is 1. The third kappa shape index (κ3) is 5.57. The van der Waals surface area contributed by atoms with E-state index in [2.05, 4.69) is 5.32 Å². The van der Waals surface area contributed by atoms with Crippen LogP contribution in [0.25, 0.3) is 0 Å². The van der Waals surface area contributed by atoms with E-state index in [9.17, 15) is 13.2 Å². The molecule has 2 rings (SSSR count). The Bertz CT molecular complexity index is 848. The Balaban J connectivity index is 1.93. The molecule has 6 nitrogen and oxygen atoms in total. The van der Waals surface area contributed by atoms with Crippen LogP contribution in [0, 0.1) is 0 Å². The number of ether oxygens (including phenoxy) is 1. The Morgan fingerprint density at radius 3 is 2.42 bits per heavy atom. The zero-order valence-corrected chi connectivity index (χ0v) is 15.8. The number of carbonyl (C=O) groups excluding carboxylic acids is 1. The van der Waals surface area contributed by atoms with Crippen LogP contribution >= 0.6 is 0 Å². The number of benzene rings is 2. The number of primary sulfonamides is 1. The first-order valence-electron chi connectivity index (χ1n) is 8.44. The van der Waals surface area contributed by atoms with Crippen LogP contribution in [0.15, 0.2) is 53.4 Å². The first kappa shape index (κ1) is 19.9. The summed E-state index contributed by atoms with van der Waals surface area (Å²) in [6.07, 6.45) is 0.919. The molecular weight excluding hydrogens is 352 g/mol. The largest absolute Gasteiger partial charge is 0.494 e. The number of nitrogens with two attached hydrogens (primary N) is 1. The van der Waals surface area contributed by atoms with Gasteiger partial charge in [-0.25, -0.2) is 13.6 Å². The molecule has 1 amide bonds. The fourth-order valence-electron chi connectivity index (χ4n) is 2.60. The highest BCUT2D eigenvalue weighted by molar-refractivity contribution is 7.89. The molecular formula is C19H24N2O4S. The van der Waals surface area contributed by atoms with Gasteiger partial charge in [-0.3, -0.25) is 4.79 Å². The first-order chi connectivity index (χ1) is 12.3. The maximum Gasteiger partial charge on any atom is 0.238 e. The van der Waals surface area contributed by atoms with Crippen LogP contribution in [0.2, 0.25) is 0 Å². The molecule has 0 saturated heterocycles. The average molecular weight is 376 g/mol. The van der Waals surface area contributed by atoms with Crippen molar-refractivity contribution < 1.29 is 17.9 Å². The van der Waals surface area contributed by atoms with Crippen molar-refractivity contribution >= 4 is 15.9 Å². The number of nitrogens with one attached hydrogen (secondary N) is 1. The lowest BCUT2D eigenvalue weighted by atomic mass is 10.1. The molecule has 1 atom stereocenters. The zero-order chi connectivity index (χ0) is 19.2. The second-order valence-corrected chi connectivity index (χ2v) is 7.51. The molecule has 0 aliphatic carbocycles. The van der Waals surface area contributed by atoms with Crippen LogP contribution in [0.5, 0.6) is 5.75 Å². The minimum atomic E-state index is -3.72. The lowest BCUT2D eigenvalue weighted by Crippen LogP contribution is -2.27. The second-order valence-electron chi connectivity index (χ2n) is 5.94. The van der Waals surface area contributed by atoms with Gasteiger partial charge in [-0.05, 0) is 49.6 Å². The predicted octanol–water partition coefficient (Wildman–Crippen LogP) is 2.54. The maximum absolute atomic E-state index is 12.2. The number of rotatable bonds is 8. The number of aryl methyl sites for hydroxylation is 1. The van der Waals surface area contributed by atoms with E-state index in [4.69, 9.17) is 9.88 Å². The van der Waals surface area contributed by atoms with Crippen molar-refractivity contribution in [2.75, 3.05) is 6.61 Å². The fourth-order valence-corrected chi connectivity index (χ4v) is 3.11. The van der Waals surface area contributed by atoms with Gasteiger partial charge in [0.1, 0.15) is 5.75 Å². The molecule has 0 radical (unpaired) electrons. The van der Waals surface area contributed by atoms with Crippen molar-refractivity contribution in [1.29, 1.82) is 0 Å². The van der Waals surface area contributed by atoms with Crippen LogP contribution in [-0.4, -0.2) is 20.9 Å². The topological polar surface area (TPSA) is 98.5 Å². The highest BCUT2D eigenvalue weighted by atomic mass is 32.2. The van der Waals surface area contributed by atoms with Gasteiger partial charge in [-0.1, -0.05) is 30.3 Å². The van der Waals surface area contributed by atoms with E-state index >= 15 is 0 Å². The number of carbonyl (C=O) groups is 1.